The molecule has 0 spiro atoms. The van der Waals surface area contributed by atoms with Gasteiger partial charge in [-0.25, -0.2) is 0 Å². The number of thioether (sulfide) groups is 1. The number of piperidine rings is 1. The normalized spacial score (nSPS) is 22.5. The first-order chi connectivity index (χ1) is 11.5. The molecule has 2 unspecified atom stereocenters. The van der Waals surface area contributed by atoms with Gasteiger partial charge in [-0.2, -0.15) is 11.8 Å². The number of hydrogen-bond donors (Lipinski definition) is 1. The highest BCUT2D eigenvalue weighted by Gasteiger charge is 2.39. The molecule has 24 heavy (non-hydrogen) atoms. The maximum atomic E-state index is 13.0. The topological polar surface area (TPSA) is 57.6 Å². The molecule has 0 saturated carbocycles. The molecular formula is C18H24ClNO3S. The first kappa shape index (κ1) is 19.1. The Bertz CT molecular complexity index is 578. The van der Waals surface area contributed by atoms with Crippen molar-refractivity contribution in [3.05, 3.63) is 34.9 Å². The highest BCUT2D eigenvalue weighted by Crippen LogP contribution is 2.38. The van der Waals surface area contributed by atoms with Crippen LogP contribution in [0.3, 0.4) is 0 Å². The molecule has 0 aliphatic carbocycles. The van der Waals surface area contributed by atoms with Crippen LogP contribution >= 0.6 is 23.4 Å². The zero-order valence-electron chi connectivity index (χ0n) is 14.1. The third-order valence-corrected chi connectivity index (χ3v) is 5.60. The molecule has 132 valence electrons. The smallest absolute Gasteiger partial charge is 0.304 e. The number of hydrogen-bond acceptors (Lipinski definition) is 3. The maximum Gasteiger partial charge on any atom is 0.304 e. The van der Waals surface area contributed by atoms with E-state index < -0.39 is 11.9 Å². The number of carboxylic acid groups (broad SMARTS) is 1. The fourth-order valence-corrected chi connectivity index (χ4v) is 4.33. The van der Waals surface area contributed by atoms with Gasteiger partial charge in [0.25, 0.3) is 0 Å². The van der Waals surface area contributed by atoms with E-state index in [1.54, 1.807) is 11.8 Å². The number of likely N-dealkylation sites (tertiary alicyclic amines) is 1. The van der Waals surface area contributed by atoms with Crippen LogP contribution in [0.1, 0.15) is 44.2 Å². The van der Waals surface area contributed by atoms with Crippen LogP contribution in [0.5, 0.6) is 0 Å². The first-order valence-corrected chi connectivity index (χ1v) is 10.0. The van der Waals surface area contributed by atoms with Gasteiger partial charge in [-0.1, -0.05) is 30.7 Å². The number of aliphatic carboxylic acids is 1. The lowest BCUT2D eigenvalue weighted by molar-refractivity contribution is -0.150. The van der Waals surface area contributed by atoms with Crippen molar-refractivity contribution in [2.75, 3.05) is 12.0 Å². The molecular weight excluding hydrogens is 346 g/mol. The van der Waals surface area contributed by atoms with E-state index in [1.165, 1.54) is 0 Å². The summed E-state index contributed by atoms with van der Waals surface area (Å²) in [4.78, 5) is 26.0. The summed E-state index contributed by atoms with van der Waals surface area (Å²) in [6, 6.07) is 7.74. The summed E-state index contributed by atoms with van der Waals surface area (Å²) in [7, 11) is 0. The Morgan fingerprint density at radius 3 is 2.58 bits per heavy atom. The number of amides is 1. The van der Waals surface area contributed by atoms with Crippen LogP contribution in [0, 0.1) is 5.92 Å². The van der Waals surface area contributed by atoms with Crippen LogP contribution in [-0.4, -0.2) is 39.9 Å². The Kier molecular flexibility index (Phi) is 6.99. The summed E-state index contributed by atoms with van der Waals surface area (Å²) in [5.41, 5.74) is 1.07. The lowest BCUT2D eigenvalue weighted by Gasteiger charge is -2.44. The number of rotatable bonds is 7. The fraction of sp³-hybridized carbons (Fsp3) is 0.556. The molecule has 1 N–H and O–H groups in total. The summed E-state index contributed by atoms with van der Waals surface area (Å²) in [5, 5.41) is 9.77. The van der Waals surface area contributed by atoms with Crippen molar-refractivity contribution in [1.29, 1.82) is 0 Å². The van der Waals surface area contributed by atoms with E-state index in [0.29, 0.717) is 11.4 Å². The maximum absolute atomic E-state index is 13.0. The van der Waals surface area contributed by atoms with Crippen molar-refractivity contribution < 1.29 is 14.7 Å². The Morgan fingerprint density at radius 2 is 2.04 bits per heavy atom. The monoisotopic (exact) mass is 369 g/mol. The third-order valence-electron chi connectivity index (χ3n) is 4.63. The minimum Gasteiger partial charge on any atom is -0.481 e. The molecule has 1 amide bonds. The Morgan fingerprint density at radius 1 is 1.38 bits per heavy atom. The predicted molar refractivity (Wildman–Crippen MR) is 98.5 cm³/mol. The third kappa shape index (κ3) is 4.45. The van der Waals surface area contributed by atoms with Gasteiger partial charge in [0.15, 0.2) is 0 Å². The van der Waals surface area contributed by atoms with Crippen LogP contribution in [-0.2, 0) is 9.59 Å². The summed E-state index contributed by atoms with van der Waals surface area (Å²) in [5.74, 6) is -0.492. The molecule has 3 atom stereocenters. The van der Waals surface area contributed by atoms with E-state index in [0.717, 1.165) is 24.2 Å². The fourth-order valence-electron chi connectivity index (χ4n) is 3.42. The van der Waals surface area contributed by atoms with Gasteiger partial charge < -0.3 is 10.0 Å². The Labute approximate surface area is 152 Å². The highest BCUT2D eigenvalue weighted by molar-refractivity contribution is 7.98. The van der Waals surface area contributed by atoms with Crippen molar-refractivity contribution >= 4 is 35.2 Å². The minimum atomic E-state index is -0.906. The number of halogens is 1. The number of carbonyl (C=O) groups excluding carboxylic acids is 1. The van der Waals surface area contributed by atoms with Crippen LogP contribution in [0.15, 0.2) is 24.3 Å². The number of benzene rings is 1. The Hall–Kier alpha value is -1.20. The number of carboxylic acids is 1. The van der Waals surface area contributed by atoms with Gasteiger partial charge in [0.2, 0.25) is 5.91 Å². The molecule has 1 aliphatic rings. The van der Waals surface area contributed by atoms with E-state index in [2.05, 4.69) is 6.92 Å². The van der Waals surface area contributed by atoms with Crippen LogP contribution in [0.4, 0.5) is 0 Å². The molecule has 0 bridgehead atoms. The van der Waals surface area contributed by atoms with Gasteiger partial charge in [-0.15, -0.1) is 0 Å². The molecule has 2 rings (SSSR count). The second-order valence-corrected chi connectivity index (χ2v) is 7.55. The van der Waals surface area contributed by atoms with Crippen LogP contribution in [0.2, 0.25) is 5.02 Å². The average Bonchev–Trinajstić information content (AvgIpc) is 2.55. The second-order valence-electron chi connectivity index (χ2n) is 6.20. The van der Waals surface area contributed by atoms with Gasteiger partial charge in [-0.05, 0) is 43.2 Å². The molecule has 6 heteroatoms. The first-order valence-electron chi connectivity index (χ1n) is 8.26. The van der Waals surface area contributed by atoms with Crippen molar-refractivity contribution in [2.45, 2.75) is 44.7 Å². The van der Waals surface area contributed by atoms with E-state index in [-0.39, 0.29) is 24.4 Å². The summed E-state index contributed by atoms with van der Waals surface area (Å²) in [6.45, 7) is 2.08. The van der Waals surface area contributed by atoms with E-state index in [9.17, 15) is 9.59 Å². The predicted octanol–water partition coefficient (Wildman–Crippen LogP) is 4.24. The molecule has 1 fully saturated rings. The molecule has 0 radical (unpaired) electrons. The molecule has 1 aromatic rings. The quantitative estimate of drug-likeness (QED) is 0.781. The largest absolute Gasteiger partial charge is 0.481 e. The molecule has 1 aliphatic heterocycles. The molecule has 0 aromatic heterocycles. The van der Waals surface area contributed by atoms with E-state index >= 15 is 0 Å². The van der Waals surface area contributed by atoms with Gasteiger partial charge >= 0.3 is 5.97 Å². The lowest BCUT2D eigenvalue weighted by atomic mass is 9.85. The lowest BCUT2D eigenvalue weighted by Crippen LogP contribution is -2.50. The van der Waals surface area contributed by atoms with Gasteiger partial charge in [0.05, 0.1) is 12.5 Å². The minimum absolute atomic E-state index is 0.00286. The second kappa shape index (κ2) is 8.77. The Balaban J connectivity index is 2.32. The zero-order valence-corrected chi connectivity index (χ0v) is 15.6. The summed E-state index contributed by atoms with van der Waals surface area (Å²) < 4.78 is 0. The van der Waals surface area contributed by atoms with Crippen molar-refractivity contribution in [1.82, 2.24) is 4.90 Å². The van der Waals surface area contributed by atoms with Crippen molar-refractivity contribution in [3.63, 3.8) is 0 Å². The SMILES string of the molecule is CC[C@@H](CSC)N1C(=O)C(CC(=O)O)CCC1c1ccc(Cl)cc1. The van der Waals surface area contributed by atoms with E-state index in [4.69, 9.17) is 16.7 Å². The number of carbonyl (C=O) groups is 2. The standard InChI is InChI=1S/C18H24ClNO3S/c1-3-15(11-24-2)20-16(12-4-7-14(19)8-5-12)9-6-13(18(20)23)10-17(21)22/h4-5,7-8,13,15-16H,3,6,9-11H2,1-2H3,(H,21,22)/t13?,15-,16?/m0/s1. The van der Waals surface area contributed by atoms with Crippen LogP contribution < -0.4 is 0 Å². The summed E-state index contributed by atoms with van der Waals surface area (Å²) >= 11 is 7.70. The molecule has 1 saturated heterocycles. The molecule has 1 heterocycles. The summed E-state index contributed by atoms with van der Waals surface area (Å²) in [6.07, 6.45) is 4.21. The average molecular weight is 370 g/mol. The van der Waals surface area contributed by atoms with Gasteiger partial charge in [0.1, 0.15) is 0 Å². The van der Waals surface area contributed by atoms with Gasteiger partial charge in [-0.3, -0.25) is 9.59 Å². The van der Waals surface area contributed by atoms with Crippen LogP contribution in [0.25, 0.3) is 0 Å². The van der Waals surface area contributed by atoms with Gasteiger partial charge in [0, 0.05) is 22.7 Å². The van der Waals surface area contributed by atoms with E-state index in [1.807, 2.05) is 35.4 Å². The number of nitrogens with zero attached hydrogens (tertiary/aromatic N) is 1. The molecule has 4 nitrogen and oxygen atoms in total. The highest BCUT2D eigenvalue weighted by atomic mass is 35.5. The zero-order chi connectivity index (χ0) is 17.7. The molecule has 1 aromatic carbocycles. The van der Waals surface area contributed by atoms with Crippen molar-refractivity contribution in [2.24, 2.45) is 5.92 Å². The van der Waals surface area contributed by atoms with Crippen molar-refractivity contribution in [3.8, 4) is 0 Å².